The molecule has 1 aliphatic heterocycles. The van der Waals surface area contributed by atoms with E-state index in [1.807, 2.05) is 31.2 Å². The Balaban J connectivity index is 1.84. The van der Waals surface area contributed by atoms with Gasteiger partial charge in [-0.3, -0.25) is 9.59 Å². The SMILES string of the molecule is CCC(CCO)NC(=O)CCC1Cc2ccccc2NC1=O. The van der Waals surface area contributed by atoms with Crippen LogP contribution in [0.15, 0.2) is 24.3 Å². The number of aliphatic hydroxyl groups excluding tert-OH is 1. The van der Waals surface area contributed by atoms with Gasteiger partial charge in [-0.05, 0) is 37.3 Å². The van der Waals surface area contributed by atoms with E-state index in [0.717, 1.165) is 17.7 Å². The molecule has 0 bridgehead atoms. The fourth-order valence-corrected chi connectivity index (χ4v) is 2.79. The van der Waals surface area contributed by atoms with Crippen LogP contribution in [0.5, 0.6) is 0 Å². The predicted octanol–water partition coefficient (Wildman–Crippen LogP) is 1.85. The number of para-hydroxylation sites is 1. The van der Waals surface area contributed by atoms with Gasteiger partial charge in [-0.15, -0.1) is 0 Å². The Morgan fingerprint density at radius 3 is 2.95 bits per heavy atom. The Hall–Kier alpha value is -1.88. The summed E-state index contributed by atoms with van der Waals surface area (Å²) in [4.78, 5) is 24.0. The van der Waals surface area contributed by atoms with E-state index in [4.69, 9.17) is 5.11 Å². The minimum Gasteiger partial charge on any atom is -0.396 e. The highest BCUT2D eigenvalue weighted by Crippen LogP contribution is 2.27. The van der Waals surface area contributed by atoms with Gasteiger partial charge < -0.3 is 15.7 Å². The van der Waals surface area contributed by atoms with Crippen molar-refractivity contribution in [3.05, 3.63) is 29.8 Å². The standard InChI is InChI=1S/C17H24N2O3/c1-2-14(9-10-20)18-16(21)8-7-13-11-12-5-3-4-6-15(12)19-17(13)22/h3-6,13-14,20H,2,7-11H2,1H3,(H,18,21)(H,19,22). The first kappa shape index (κ1) is 16.5. The Bertz CT molecular complexity index is 530. The fourth-order valence-electron chi connectivity index (χ4n) is 2.79. The number of carbonyl (C=O) groups excluding carboxylic acids is 2. The highest BCUT2D eigenvalue weighted by molar-refractivity contribution is 5.96. The molecule has 2 amide bonds. The molecule has 0 radical (unpaired) electrons. The van der Waals surface area contributed by atoms with E-state index in [9.17, 15) is 9.59 Å². The molecule has 1 aromatic rings. The summed E-state index contributed by atoms with van der Waals surface area (Å²) in [6, 6.07) is 7.78. The second-order valence-electron chi connectivity index (χ2n) is 5.77. The van der Waals surface area contributed by atoms with E-state index >= 15 is 0 Å². The summed E-state index contributed by atoms with van der Waals surface area (Å²) in [6.45, 7) is 2.05. The van der Waals surface area contributed by atoms with Crippen LogP contribution in [0.25, 0.3) is 0 Å². The number of carbonyl (C=O) groups is 2. The van der Waals surface area contributed by atoms with Crippen LogP contribution in [0, 0.1) is 5.92 Å². The van der Waals surface area contributed by atoms with Gasteiger partial charge in [0, 0.05) is 30.7 Å². The van der Waals surface area contributed by atoms with Gasteiger partial charge in [0.25, 0.3) is 0 Å². The molecule has 0 spiro atoms. The molecule has 1 aliphatic rings. The summed E-state index contributed by atoms with van der Waals surface area (Å²) in [6.07, 6.45) is 2.93. The number of amides is 2. The van der Waals surface area contributed by atoms with Crippen LogP contribution >= 0.6 is 0 Å². The molecule has 1 heterocycles. The molecule has 1 aromatic carbocycles. The van der Waals surface area contributed by atoms with Gasteiger partial charge in [0.05, 0.1) is 0 Å². The average molecular weight is 304 g/mol. The molecule has 0 saturated heterocycles. The number of hydrogen-bond acceptors (Lipinski definition) is 3. The molecule has 2 rings (SSSR count). The summed E-state index contributed by atoms with van der Waals surface area (Å²) < 4.78 is 0. The van der Waals surface area contributed by atoms with Crippen molar-refractivity contribution in [2.24, 2.45) is 5.92 Å². The van der Waals surface area contributed by atoms with E-state index in [2.05, 4.69) is 10.6 Å². The zero-order valence-electron chi connectivity index (χ0n) is 13.0. The molecule has 2 atom stereocenters. The zero-order valence-corrected chi connectivity index (χ0v) is 13.0. The van der Waals surface area contributed by atoms with Crippen LogP contribution in [-0.2, 0) is 16.0 Å². The van der Waals surface area contributed by atoms with E-state index in [1.54, 1.807) is 0 Å². The van der Waals surface area contributed by atoms with Crippen molar-refractivity contribution < 1.29 is 14.7 Å². The van der Waals surface area contributed by atoms with Crippen LogP contribution in [-0.4, -0.2) is 29.6 Å². The fraction of sp³-hybridized carbons (Fsp3) is 0.529. The second kappa shape index (κ2) is 7.94. The molecular formula is C17H24N2O3. The van der Waals surface area contributed by atoms with Crippen LogP contribution in [0.1, 0.15) is 38.2 Å². The van der Waals surface area contributed by atoms with E-state index in [0.29, 0.717) is 25.7 Å². The average Bonchev–Trinajstić information content (AvgIpc) is 2.52. The van der Waals surface area contributed by atoms with Gasteiger partial charge >= 0.3 is 0 Å². The zero-order chi connectivity index (χ0) is 15.9. The maximum Gasteiger partial charge on any atom is 0.227 e. The van der Waals surface area contributed by atoms with Crippen molar-refractivity contribution in [2.75, 3.05) is 11.9 Å². The lowest BCUT2D eigenvalue weighted by atomic mass is 9.89. The molecular weight excluding hydrogens is 280 g/mol. The third kappa shape index (κ3) is 4.31. The van der Waals surface area contributed by atoms with Crippen molar-refractivity contribution >= 4 is 17.5 Å². The topological polar surface area (TPSA) is 78.4 Å². The lowest BCUT2D eigenvalue weighted by molar-refractivity contribution is -0.123. The first-order valence-corrected chi connectivity index (χ1v) is 7.93. The summed E-state index contributed by atoms with van der Waals surface area (Å²) >= 11 is 0. The van der Waals surface area contributed by atoms with Crippen LogP contribution in [0.3, 0.4) is 0 Å². The molecule has 22 heavy (non-hydrogen) atoms. The Labute approximate surface area is 131 Å². The first-order chi connectivity index (χ1) is 10.6. The molecule has 0 fully saturated rings. The van der Waals surface area contributed by atoms with Crippen LogP contribution < -0.4 is 10.6 Å². The summed E-state index contributed by atoms with van der Waals surface area (Å²) in [5.41, 5.74) is 2.00. The van der Waals surface area contributed by atoms with Gasteiger partial charge in [-0.2, -0.15) is 0 Å². The van der Waals surface area contributed by atoms with Crippen molar-refractivity contribution in [2.45, 2.75) is 45.1 Å². The highest BCUT2D eigenvalue weighted by atomic mass is 16.3. The number of nitrogens with one attached hydrogen (secondary N) is 2. The first-order valence-electron chi connectivity index (χ1n) is 7.93. The quantitative estimate of drug-likeness (QED) is 0.719. The summed E-state index contributed by atoms with van der Waals surface area (Å²) in [7, 11) is 0. The normalized spacial score (nSPS) is 18.3. The third-order valence-electron chi connectivity index (χ3n) is 4.17. The summed E-state index contributed by atoms with van der Waals surface area (Å²) in [5.74, 6) is -0.209. The molecule has 0 aromatic heterocycles. The number of fused-ring (bicyclic) bond motifs is 1. The van der Waals surface area contributed by atoms with E-state index in [1.165, 1.54) is 0 Å². The molecule has 5 nitrogen and oxygen atoms in total. The summed E-state index contributed by atoms with van der Waals surface area (Å²) in [5, 5.41) is 14.8. The Morgan fingerprint density at radius 2 is 2.23 bits per heavy atom. The Morgan fingerprint density at radius 1 is 1.45 bits per heavy atom. The van der Waals surface area contributed by atoms with Crippen molar-refractivity contribution in [3.63, 3.8) is 0 Å². The second-order valence-corrected chi connectivity index (χ2v) is 5.77. The highest BCUT2D eigenvalue weighted by Gasteiger charge is 2.26. The number of rotatable bonds is 7. The molecule has 0 aliphatic carbocycles. The molecule has 3 N–H and O–H groups in total. The van der Waals surface area contributed by atoms with Crippen molar-refractivity contribution in [3.8, 4) is 0 Å². The maximum atomic E-state index is 12.1. The number of benzene rings is 1. The third-order valence-corrected chi connectivity index (χ3v) is 4.17. The van der Waals surface area contributed by atoms with Gasteiger partial charge in [0.2, 0.25) is 11.8 Å². The van der Waals surface area contributed by atoms with Gasteiger partial charge in [0.1, 0.15) is 0 Å². The van der Waals surface area contributed by atoms with Gasteiger partial charge in [0.15, 0.2) is 0 Å². The smallest absolute Gasteiger partial charge is 0.227 e. The van der Waals surface area contributed by atoms with E-state index in [-0.39, 0.29) is 30.4 Å². The van der Waals surface area contributed by atoms with Crippen molar-refractivity contribution in [1.29, 1.82) is 0 Å². The molecule has 120 valence electrons. The molecule has 0 saturated carbocycles. The minimum atomic E-state index is -0.154. The number of hydrogen-bond donors (Lipinski definition) is 3. The molecule has 2 unspecified atom stereocenters. The number of anilines is 1. The van der Waals surface area contributed by atoms with Crippen LogP contribution in [0.4, 0.5) is 5.69 Å². The van der Waals surface area contributed by atoms with Crippen LogP contribution in [0.2, 0.25) is 0 Å². The van der Waals surface area contributed by atoms with Gasteiger partial charge in [-0.25, -0.2) is 0 Å². The minimum absolute atomic E-state index is 0.00565. The Kier molecular flexibility index (Phi) is 5.95. The number of aliphatic hydroxyl groups is 1. The largest absolute Gasteiger partial charge is 0.396 e. The monoisotopic (exact) mass is 304 g/mol. The molecule has 5 heteroatoms. The van der Waals surface area contributed by atoms with Crippen molar-refractivity contribution in [1.82, 2.24) is 5.32 Å². The maximum absolute atomic E-state index is 12.1. The lowest BCUT2D eigenvalue weighted by Gasteiger charge is -2.24. The predicted molar refractivity (Wildman–Crippen MR) is 85.4 cm³/mol. The lowest BCUT2D eigenvalue weighted by Crippen LogP contribution is -2.36. The van der Waals surface area contributed by atoms with Gasteiger partial charge in [-0.1, -0.05) is 25.1 Å². The van der Waals surface area contributed by atoms with E-state index < -0.39 is 0 Å².